The van der Waals surface area contributed by atoms with E-state index in [1.54, 1.807) is 0 Å². The van der Waals surface area contributed by atoms with E-state index >= 15 is 0 Å². The largest absolute Gasteiger partial charge is 0.401 e. The van der Waals surface area contributed by atoms with Gasteiger partial charge in [0.05, 0.1) is 6.54 Å². The predicted octanol–water partition coefficient (Wildman–Crippen LogP) is 2.33. The highest BCUT2D eigenvalue weighted by atomic mass is 19.4. The Hall–Kier alpha value is -0.330. The summed E-state index contributed by atoms with van der Waals surface area (Å²) in [7, 11) is 0. The molecule has 0 amide bonds. The number of hydrogen-bond donors (Lipinski definition) is 1. The Balaban J connectivity index is 2.08. The standard InChI is InChI=1S/C14H28F3N3/c1-3-19(4-2)9-5-8-18-13-6-10-20(11-7-13)12-14(15,16)17/h13,18H,3-12H2,1-2H3. The number of rotatable bonds is 8. The molecule has 1 rings (SSSR count). The third-order valence-electron chi connectivity index (χ3n) is 3.97. The topological polar surface area (TPSA) is 18.5 Å². The van der Waals surface area contributed by atoms with Crippen molar-refractivity contribution in [3.63, 3.8) is 0 Å². The monoisotopic (exact) mass is 295 g/mol. The van der Waals surface area contributed by atoms with E-state index in [9.17, 15) is 13.2 Å². The summed E-state index contributed by atoms with van der Waals surface area (Å²) in [5.41, 5.74) is 0. The first-order chi connectivity index (χ1) is 9.44. The minimum atomic E-state index is -4.07. The summed E-state index contributed by atoms with van der Waals surface area (Å²) in [6.45, 7) is 8.86. The Labute approximate surface area is 120 Å². The van der Waals surface area contributed by atoms with Gasteiger partial charge in [-0.25, -0.2) is 0 Å². The molecule has 1 aliphatic heterocycles. The molecule has 1 saturated heterocycles. The van der Waals surface area contributed by atoms with Crippen molar-refractivity contribution in [2.45, 2.75) is 45.3 Å². The third-order valence-corrected chi connectivity index (χ3v) is 3.97. The van der Waals surface area contributed by atoms with Crippen molar-refractivity contribution in [2.75, 3.05) is 45.8 Å². The van der Waals surface area contributed by atoms with Crippen LogP contribution in [-0.2, 0) is 0 Å². The fourth-order valence-corrected chi connectivity index (χ4v) is 2.70. The molecule has 6 heteroatoms. The second kappa shape index (κ2) is 8.85. The first-order valence-electron chi connectivity index (χ1n) is 7.69. The molecule has 0 spiro atoms. The van der Waals surface area contributed by atoms with E-state index < -0.39 is 12.7 Å². The summed E-state index contributed by atoms with van der Waals surface area (Å²) < 4.78 is 36.8. The van der Waals surface area contributed by atoms with Crippen LogP contribution in [0.3, 0.4) is 0 Å². The van der Waals surface area contributed by atoms with Crippen LogP contribution in [0.1, 0.15) is 33.1 Å². The second-order valence-corrected chi connectivity index (χ2v) is 5.50. The smallest absolute Gasteiger partial charge is 0.314 e. The van der Waals surface area contributed by atoms with Crippen molar-refractivity contribution < 1.29 is 13.2 Å². The van der Waals surface area contributed by atoms with Crippen LogP contribution in [0.4, 0.5) is 13.2 Å². The van der Waals surface area contributed by atoms with Crippen LogP contribution in [0.5, 0.6) is 0 Å². The summed E-state index contributed by atoms with van der Waals surface area (Å²) in [6.07, 6.45) is -1.32. The zero-order valence-corrected chi connectivity index (χ0v) is 12.7. The summed E-state index contributed by atoms with van der Waals surface area (Å²) in [4.78, 5) is 3.89. The highest BCUT2D eigenvalue weighted by Crippen LogP contribution is 2.19. The van der Waals surface area contributed by atoms with Crippen LogP contribution in [0.25, 0.3) is 0 Å². The lowest BCUT2D eigenvalue weighted by Gasteiger charge is -2.33. The molecule has 0 unspecified atom stereocenters. The molecule has 1 heterocycles. The van der Waals surface area contributed by atoms with Crippen LogP contribution >= 0.6 is 0 Å². The average molecular weight is 295 g/mol. The number of piperidine rings is 1. The number of nitrogens with zero attached hydrogens (tertiary/aromatic N) is 2. The highest BCUT2D eigenvalue weighted by molar-refractivity contribution is 4.78. The maximum absolute atomic E-state index is 12.3. The summed E-state index contributed by atoms with van der Waals surface area (Å²) in [6, 6.07) is 0.385. The van der Waals surface area contributed by atoms with E-state index in [1.165, 1.54) is 4.90 Å². The number of halogens is 3. The fraction of sp³-hybridized carbons (Fsp3) is 1.00. The Bertz CT molecular complexity index is 247. The van der Waals surface area contributed by atoms with Crippen LogP contribution in [0.2, 0.25) is 0 Å². The van der Waals surface area contributed by atoms with Gasteiger partial charge in [0, 0.05) is 6.04 Å². The van der Waals surface area contributed by atoms with Gasteiger partial charge in [0.25, 0.3) is 0 Å². The first-order valence-corrected chi connectivity index (χ1v) is 7.69. The van der Waals surface area contributed by atoms with Gasteiger partial charge in [-0.15, -0.1) is 0 Å². The quantitative estimate of drug-likeness (QED) is 0.693. The molecular formula is C14H28F3N3. The Morgan fingerprint density at radius 1 is 1.15 bits per heavy atom. The molecule has 0 bridgehead atoms. The minimum Gasteiger partial charge on any atom is -0.314 e. The summed E-state index contributed by atoms with van der Waals surface area (Å²) in [5, 5.41) is 3.47. The zero-order chi connectivity index (χ0) is 15.0. The van der Waals surface area contributed by atoms with Crippen molar-refractivity contribution in [3.8, 4) is 0 Å². The van der Waals surface area contributed by atoms with Crippen molar-refractivity contribution in [1.82, 2.24) is 15.1 Å². The van der Waals surface area contributed by atoms with Gasteiger partial charge in [-0.2, -0.15) is 13.2 Å². The number of hydrogen-bond acceptors (Lipinski definition) is 3. The van der Waals surface area contributed by atoms with Crippen molar-refractivity contribution in [2.24, 2.45) is 0 Å². The summed E-state index contributed by atoms with van der Waals surface area (Å²) in [5.74, 6) is 0. The van der Waals surface area contributed by atoms with Gasteiger partial charge in [-0.05, 0) is 58.5 Å². The fourth-order valence-electron chi connectivity index (χ4n) is 2.70. The van der Waals surface area contributed by atoms with E-state index in [4.69, 9.17) is 0 Å². The van der Waals surface area contributed by atoms with Gasteiger partial charge in [-0.1, -0.05) is 13.8 Å². The van der Waals surface area contributed by atoms with E-state index in [0.717, 1.165) is 45.4 Å². The van der Waals surface area contributed by atoms with E-state index in [1.807, 2.05) is 0 Å². The molecule has 0 aliphatic carbocycles. The van der Waals surface area contributed by atoms with Crippen LogP contribution in [-0.4, -0.2) is 67.8 Å². The van der Waals surface area contributed by atoms with Gasteiger partial charge in [0.2, 0.25) is 0 Å². The van der Waals surface area contributed by atoms with Crippen LogP contribution in [0, 0.1) is 0 Å². The van der Waals surface area contributed by atoms with Gasteiger partial charge in [0.1, 0.15) is 0 Å². The van der Waals surface area contributed by atoms with Crippen LogP contribution < -0.4 is 5.32 Å². The van der Waals surface area contributed by atoms with Gasteiger partial charge >= 0.3 is 6.18 Å². The molecule has 20 heavy (non-hydrogen) atoms. The van der Waals surface area contributed by atoms with E-state index in [0.29, 0.717) is 19.1 Å². The van der Waals surface area contributed by atoms with Crippen LogP contribution in [0.15, 0.2) is 0 Å². The molecule has 0 aromatic carbocycles. The van der Waals surface area contributed by atoms with Crippen molar-refractivity contribution in [3.05, 3.63) is 0 Å². The Morgan fingerprint density at radius 2 is 1.75 bits per heavy atom. The summed E-state index contributed by atoms with van der Waals surface area (Å²) >= 11 is 0. The lowest BCUT2D eigenvalue weighted by atomic mass is 10.0. The highest BCUT2D eigenvalue weighted by Gasteiger charge is 2.32. The Kier molecular flexibility index (Phi) is 7.84. The SMILES string of the molecule is CCN(CC)CCCNC1CCN(CC(F)(F)F)CC1. The first kappa shape index (κ1) is 17.7. The molecule has 0 aromatic heterocycles. The number of nitrogens with one attached hydrogen (secondary N) is 1. The molecular weight excluding hydrogens is 267 g/mol. The molecule has 0 radical (unpaired) electrons. The lowest BCUT2D eigenvalue weighted by Crippen LogP contribution is -2.46. The number of alkyl halides is 3. The van der Waals surface area contributed by atoms with Gasteiger partial charge in [0.15, 0.2) is 0 Å². The van der Waals surface area contributed by atoms with Gasteiger partial charge in [-0.3, -0.25) is 4.90 Å². The maximum atomic E-state index is 12.3. The molecule has 1 N–H and O–H groups in total. The molecule has 1 fully saturated rings. The zero-order valence-electron chi connectivity index (χ0n) is 12.7. The molecule has 3 nitrogen and oxygen atoms in total. The third kappa shape index (κ3) is 7.45. The van der Waals surface area contributed by atoms with E-state index in [2.05, 4.69) is 24.1 Å². The minimum absolute atomic E-state index is 0.385. The van der Waals surface area contributed by atoms with Crippen molar-refractivity contribution in [1.29, 1.82) is 0 Å². The lowest BCUT2D eigenvalue weighted by molar-refractivity contribution is -0.148. The molecule has 0 saturated carbocycles. The molecule has 0 aromatic rings. The van der Waals surface area contributed by atoms with E-state index in [-0.39, 0.29) is 0 Å². The Morgan fingerprint density at radius 3 is 2.25 bits per heavy atom. The van der Waals surface area contributed by atoms with Gasteiger partial charge < -0.3 is 10.2 Å². The molecule has 1 aliphatic rings. The number of likely N-dealkylation sites (tertiary alicyclic amines) is 1. The van der Waals surface area contributed by atoms with Crippen molar-refractivity contribution >= 4 is 0 Å². The molecule has 120 valence electrons. The predicted molar refractivity (Wildman–Crippen MR) is 75.9 cm³/mol. The second-order valence-electron chi connectivity index (χ2n) is 5.50. The maximum Gasteiger partial charge on any atom is 0.401 e. The normalized spacial score (nSPS) is 18.9. The molecule has 0 atom stereocenters. The average Bonchev–Trinajstić information content (AvgIpc) is 2.39.